The van der Waals surface area contributed by atoms with Crippen molar-refractivity contribution in [2.45, 2.75) is 19.3 Å². The summed E-state index contributed by atoms with van der Waals surface area (Å²) in [7, 11) is 0. The number of anilines is 1. The van der Waals surface area contributed by atoms with Crippen molar-refractivity contribution in [1.82, 2.24) is 0 Å². The molecule has 0 saturated carbocycles. The molecule has 0 bridgehead atoms. The van der Waals surface area contributed by atoms with Crippen LogP contribution in [-0.4, -0.2) is 13.1 Å². The zero-order chi connectivity index (χ0) is 14.0. The van der Waals surface area contributed by atoms with Crippen LogP contribution in [0.1, 0.15) is 24.8 Å². The molecule has 0 spiro atoms. The van der Waals surface area contributed by atoms with Gasteiger partial charge in [-0.1, -0.05) is 61.2 Å². The highest BCUT2D eigenvalue weighted by Crippen LogP contribution is 2.18. The van der Waals surface area contributed by atoms with E-state index in [0.29, 0.717) is 0 Å². The minimum Gasteiger partial charge on any atom is -0.372 e. The lowest BCUT2D eigenvalue weighted by Gasteiger charge is -2.28. The van der Waals surface area contributed by atoms with Crippen LogP contribution in [0.15, 0.2) is 67.2 Å². The topological polar surface area (TPSA) is 3.24 Å². The molecule has 0 atom stereocenters. The number of hydrogen-bond acceptors (Lipinski definition) is 1. The van der Waals surface area contributed by atoms with Crippen molar-refractivity contribution < 1.29 is 0 Å². The third-order valence-corrected chi connectivity index (χ3v) is 3.51. The van der Waals surface area contributed by atoms with Gasteiger partial charge in [0.15, 0.2) is 0 Å². The first kappa shape index (κ1) is 14.4. The molecule has 0 amide bonds. The Hall–Kier alpha value is -2.02. The van der Waals surface area contributed by atoms with Gasteiger partial charge in [0.05, 0.1) is 0 Å². The number of hydrogen-bond donors (Lipinski definition) is 0. The molecule has 1 aliphatic heterocycles. The van der Waals surface area contributed by atoms with Crippen LogP contribution in [0.2, 0.25) is 0 Å². The third-order valence-electron chi connectivity index (χ3n) is 3.51. The predicted molar refractivity (Wildman–Crippen MR) is 89.0 cm³/mol. The van der Waals surface area contributed by atoms with Gasteiger partial charge in [0.2, 0.25) is 0 Å². The lowest BCUT2D eigenvalue weighted by Crippen LogP contribution is -2.29. The van der Waals surface area contributed by atoms with E-state index in [1.165, 1.54) is 43.6 Å². The van der Waals surface area contributed by atoms with E-state index in [1.54, 1.807) is 0 Å². The van der Waals surface area contributed by atoms with Crippen molar-refractivity contribution in [1.29, 1.82) is 0 Å². The average Bonchev–Trinajstić information content (AvgIpc) is 2.58. The summed E-state index contributed by atoms with van der Waals surface area (Å²) in [4.78, 5) is 2.48. The Bertz CT molecular complexity index is 484. The van der Waals surface area contributed by atoms with Gasteiger partial charge in [-0.25, -0.2) is 0 Å². The van der Waals surface area contributed by atoms with Crippen LogP contribution in [0.4, 0.5) is 5.69 Å². The van der Waals surface area contributed by atoms with Crippen molar-refractivity contribution in [3.8, 4) is 0 Å². The molecule has 2 aromatic rings. The van der Waals surface area contributed by atoms with Crippen LogP contribution in [0.5, 0.6) is 0 Å². The first-order valence-electron chi connectivity index (χ1n) is 7.37. The Kier molecular flexibility index (Phi) is 5.91. The van der Waals surface area contributed by atoms with Gasteiger partial charge in [0.1, 0.15) is 0 Å². The Morgan fingerprint density at radius 1 is 0.750 bits per heavy atom. The first-order valence-corrected chi connectivity index (χ1v) is 7.37. The van der Waals surface area contributed by atoms with E-state index in [0.717, 1.165) is 0 Å². The summed E-state index contributed by atoms with van der Waals surface area (Å²) < 4.78 is 0. The van der Waals surface area contributed by atoms with Crippen LogP contribution in [0, 0.1) is 0 Å². The zero-order valence-electron chi connectivity index (χ0n) is 12.0. The number of benzene rings is 2. The maximum Gasteiger partial charge on any atom is 0.0366 e. The van der Waals surface area contributed by atoms with Crippen LogP contribution in [0.3, 0.4) is 0 Å². The molecule has 0 aliphatic carbocycles. The van der Waals surface area contributed by atoms with Crippen molar-refractivity contribution in [3.63, 3.8) is 0 Å². The van der Waals surface area contributed by atoms with Gasteiger partial charge in [-0.15, -0.1) is 0 Å². The Morgan fingerprint density at radius 2 is 1.30 bits per heavy atom. The molecule has 3 rings (SSSR count). The summed E-state index contributed by atoms with van der Waals surface area (Å²) in [5.41, 5.74) is 2.56. The fourth-order valence-electron chi connectivity index (χ4n) is 2.38. The number of piperidine rings is 1. The second-order valence-electron chi connectivity index (χ2n) is 5.00. The number of nitrogens with zero attached hydrogens (tertiary/aromatic N) is 1. The van der Waals surface area contributed by atoms with E-state index in [1.807, 2.05) is 36.4 Å². The highest BCUT2D eigenvalue weighted by molar-refractivity contribution is 5.46. The predicted octanol–water partition coefficient (Wildman–Crippen LogP) is 5.01. The van der Waals surface area contributed by atoms with Crippen molar-refractivity contribution in [2.75, 3.05) is 18.0 Å². The van der Waals surface area contributed by atoms with E-state index in [2.05, 4.69) is 41.8 Å². The Labute approximate surface area is 122 Å². The molecule has 1 aliphatic rings. The largest absolute Gasteiger partial charge is 0.372 e. The zero-order valence-corrected chi connectivity index (χ0v) is 12.0. The van der Waals surface area contributed by atoms with Crippen LogP contribution in [-0.2, 0) is 0 Å². The molecule has 0 radical (unpaired) electrons. The quantitative estimate of drug-likeness (QED) is 0.738. The van der Waals surface area contributed by atoms with Gasteiger partial charge in [-0.3, -0.25) is 0 Å². The number of rotatable bonds is 2. The molecule has 20 heavy (non-hydrogen) atoms. The summed E-state index contributed by atoms with van der Waals surface area (Å²) in [6.45, 7) is 6.11. The molecule has 0 aromatic heterocycles. The SMILES string of the molecule is C=Cc1ccccc1.c1ccc(N2CCCCC2)cc1. The summed E-state index contributed by atoms with van der Waals surface area (Å²) in [5, 5.41) is 0. The van der Waals surface area contributed by atoms with Crippen LogP contribution in [0.25, 0.3) is 6.08 Å². The molecule has 1 fully saturated rings. The summed E-state index contributed by atoms with van der Waals surface area (Å²) in [5.74, 6) is 0. The molecule has 1 saturated heterocycles. The number of para-hydroxylation sites is 1. The van der Waals surface area contributed by atoms with E-state index in [9.17, 15) is 0 Å². The lowest BCUT2D eigenvalue weighted by atomic mass is 10.1. The van der Waals surface area contributed by atoms with Gasteiger partial charge < -0.3 is 4.90 Å². The molecule has 1 heterocycles. The molecule has 0 N–H and O–H groups in total. The Morgan fingerprint density at radius 3 is 1.80 bits per heavy atom. The van der Waals surface area contributed by atoms with Crippen LogP contribution < -0.4 is 4.90 Å². The van der Waals surface area contributed by atoms with Gasteiger partial charge >= 0.3 is 0 Å². The normalized spacial score (nSPS) is 14.1. The van der Waals surface area contributed by atoms with Gasteiger partial charge in [-0.05, 0) is 37.0 Å². The fourth-order valence-corrected chi connectivity index (χ4v) is 2.38. The molecule has 2 aromatic carbocycles. The minimum atomic E-state index is 1.17. The van der Waals surface area contributed by atoms with Crippen LogP contribution >= 0.6 is 0 Å². The fraction of sp³-hybridized carbons (Fsp3) is 0.263. The average molecular weight is 265 g/mol. The van der Waals surface area contributed by atoms with E-state index in [-0.39, 0.29) is 0 Å². The molecule has 1 heteroatoms. The molecular formula is C19H23N. The highest BCUT2D eigenvalue weighted by atomic mass is 15.1. The van der Waals surface area contributed by atoms with Crippen molar-refractivity contribution in [3.05, 3.63) is 72.8 Å². The smallest absolute Gasteiger partial charge is 0.0366 e. The van der Waals surface area contributed by atoms with Gasteiger partial charge in [0, 0.05) is 18.8 Å². The summed E-state index contributed by atoms with van der Waals surface area (Å²) >= 11 is 0. The maximum absolute atomic E-state index is 3.63. The monoisotopic (exact) mass is 265 g/mol. The second-order valence-corrected chi connectivity index (χ2v) is 5.00. The molecule has 104 valence electrons. The summed E-state index contributed by atoms with van der Waals surface area (Å²) in [6, 6.07) is 20.7. The lowest BCUT2D eigenvalue weighted by molar-refractivity contribution is 0.578. The van der Waals surface area contributed by atoms with E-state index < -0.39 is 0 Å². The standard InChI is InChI=1S/C11H15N.C8H8/c1-3-7-11(8-4-1)12-9-5-2-6-10-12;1-2-8-6-4-3-5-7-8/h1,3-4,7-8H,2,5-6,9-10H2;2-7H,1H2. The van der Waals surface area contributed by atoms with Crippen molar-refractivity contribution in [2.24, 2.45) is 0 Å². The van der Waals surface area contributed by atoms with E-state index in [4.69, 9.17) is 0 Å². The molecule has 0 unspecified atom stereocenters. The van der Waals surface area contributed by atoms with E-state index >= 15 is 0 Å². The van der Waals surface area contributed by atoms with Gasteiger partial charge in [0.25, 0.3) is 0 Å². The summed E-state index contributed by atoms with van der Waals surface area (Å²) in [6.07, 6.45) is 5.95. The van der Waals surface area contributed by atoms with Gasteiger partial charge in [-0.2, -0.15) is 0 Å². The van der Waals surface area contributed by atoms with Crippen molar-refractivity contribution >= 4 is 11.8 Å². The highest BCUT2D eigenvalue weighted by Gasteiger charge is 2.09. The third kappa shape index (κ3) is 4.58. The first-order chi connectivity index (χ1) is 9.90. The minimum absolute atomic E-state index is 1.17. The maximum atomic E-state index is 3.63. The molecule has 1 nitrogen and oxygen atoms in total. The second kappa shape index (κ2) is 8.21. The Balaban J connectivity index is 0.000000160. The molecular weight excluding hydrogens is 242 g/mol.